The molecule has 0 unspecified atom stereocenters. The molecule has 1 aromatic heterocycles. The Bertz CT molecular complexity index is 847. The lowest BCUT2D eigenvalue weighted by Gasteiger charge is -2.17. The molecule has 0 bridgehead atoms. The molecular weight excluding hydrogens is 312 g/mol. The minimum atomic E-state index is -0.147. The summed E-state index contributed by atoms with van der Waals surface area (Å²) in [5, 5.41) is 3.20. The Hall–Kier alpha value is -3.21. The molecular formula is C20H20N4O. The number of hydrogen-bond acceptors (Lipinski definition) is 4. The molecule has 1 N–H and O–H groups in total. The fourth-order valence-electron chi connectivity index (χ4n) is 2.54. The molecule has 5 heteroatoms. The molecule has 25 heavy (non-hydrogen) atoms. The summed E-state index contributed by atoms with van der Waals surface area (Å²) in [4.78, 5) is 22.7. The Morgan fingerprint density at radius 1 is 1.00 bits per heavy atom. The van der Waals surface area contributed by atoms with Gasteiger partial charge in [-0.3, -0.25) is 4.79 Å². The van der Waals surface area contributed by atoms with Crippen LogP contribution in [-0.2, 0) is 6.42 Å². The predicted molar refractivity (Wildman–Crippen MR) is 100 cm³/mol. The Balaban J connectivity index is 1.75. The van der Waals surface area contributed by atoms with Crippen LogP contribution < -0.4 is 10.2 Å². The highest BCUT2D eigenvalue weighted by Crippen LogP contribution is 2.19. The third kappa shape index (κ3) is 3.83. The maximum absolute atomic E-state index is 12.5. The Morgan fingerprint density at radius 3 is 2.32 bits per heavy atom. The predicted octanol–water partition coefficient (Wildman–Crippen LogP) is 4.06. The molecule has 0 saturated carbocycles. The molecule has 0 fully saturated rings. The number of nitrogens with one attached hydrogen (secondary N) is 1. The van der Waals surface area contributed by atoms with E-state index in [-0.39, 0.29) is 5.91 Å². The Labute approximate surface area is 147 Å². The van der Waals surface area contributed by atoms with E-state index in [1.165, 1.54) is 5.56 Å². The monoisotopic (exact) mass is 332 g/mol. The van der Waals surface area contributed by atoms with Crippen molar-refractivity contribution in [2.45, 2.75) is 13.3 Å². The molecule has 0 atom stereocenters. The number of para-hydroxylation sites is 2. The summed E-state index contributed by atoms with van der Waals surface area (Å²) in [6.45, 7) is 2.10. The first-order valence-electron chi connectivity index (χ1n) is 8.19. The van der Waals surface area contributed by atoms with Gasteiger partial charge in [-0.15, -0.1) is 0 Å². The first-order valence-corrected chi connectivity index (χ1v) is 8.19. The van der Waals surface area contributed by atoms with Crippen LogP contribution in [0.5, 0.6) is 0 Å². The van der Waals surface area contributed by atoms with Crippen molar-refractivity contribution in [3.63, 3.8) is 0 Å². The maximum Gasteiger partial charge on any atom is 0.261 e. The number of anilines is 3. The molecule has 0 aliphatic rings. The van der Waals surface area contributed by atoms with Gasteiger partial charge >= 0.3 is 0 Å². The second-order valence-corrected chi connectivity index (χ2v) is 5.63. The summed E-state index contributed by atoms with van der Waals surface area (Å²) >= 11 is 0. The van der Waals surface area contributed by atoms with Gasteiger partial charge in [-0.1, -0.05) is 43.3 Å². The number of hydrogen-bond donors (Lipinski definition) is 1. The minimum absolute atomic E-state index is 0.147. The molecule has 0 saturated heterocycles. The van der Waals surface area contributed by atoms with E-state index in [1.54, 1.807) is 24.3 Å². The van der Waals surface area contributed by atoms with Crippen LogP contribution in [0.4, 0.5) is 17.3 Å². The van der Waals surface area contributed by atoms with E-state index < -0.39 is 0 Å². The largest absolute Gasteiger partial charge is 0.324 e. The van der Waals surface area contributed by atoms with Crippen molar-refractivity contribution in [3.8, 4) is 0 Å². The van der Waals surface area contributed by atoms with E-state index in [2.05, 4.69) is 28.3 Å². The van der Waals surface area contributed by atoms with Gasteiger partial charge in [0.15, 0.2) is 0 Å². The normalized spacial score (nSPS) is 10.3. The van der Waals surface area contributed by atoms with Crippen molar-refractivity contribution in [2.24, 2.45) is 0 Å². The van der Waals surface area contributed by atoms with Crippen molar-refractivity contribution in [3.05, 3.63) is 78.1 Å². The van der Waals surface area contributed by atoms with Crippen LogP contribution in [0.25, 0.3) is 0 Å². The number of amides is 1. The molecule has 2 aromatic carbocycles. The van der Waals surface area contributed by atoms with Crippen molar-refractivity contribution < 1.29 is 4.79 Å². The summed E-state index contributed by atoms with van der Waals surface area (Å²) in [5.74, 6) is 0.325. The topological polar surface area (TPSA) is 58.1 Å². The van der Waals surface area contributed by atoms with Gasteiger partial charge in [-0.25, -0.2) is 9.97 Å². The molecule has 0 aliphatic carbocycles. The SMILES string of the molecule is CCc1ccccc1Nc1ncc(C(=O)N(C)c2ccccc2)cn1. The van der Waals surface area contributed by atoms with Crippen LogP contribution in [0.1, 0.15) is 22.8 Å². The number of rotatable bonds is 5. The zero-order valence-electron chi connectivity index (χ0n) is 14.3. The fraction of sp³-hybridized carbons (Fsp3) is 0.150. The van der Waals surface area contributed by atoms with Crippen molar-refractivity contribution in [1.82, 2.24) is 9.97 Å². The third-order valence-corrected chi connectivity index (χ3v) is 3.99. The van der Waals surface area contributed by atoms with Crippen molar-refractivity contribution in [1.29, 1.82) is 0 Å². The first kappa shape index (κ1) is 16.6. The zero-order valence-corrected chi connectivity index (χ0v) is 14.3. The molecule has 126 valence electrons. The van der Waals surface area contributed by atoms with E-state index in [0.29, 0.717) is 11.5 Å². The maximum atomic E-state index is 12.5. The van der Waals surface area contributed by atoms with Gasteiger partial charge in [-0.2, -0.15) is 0 Å². The van der Waals surface area contributed by atoms with Gasteiger partial charge in [0.1, 0.15) is 0 Å². The van der Waals surface area contributed by atoms with Gasteiger partial charge in [0.25, 0.3) is 5.91 Å². The number of nitrogens with zero attached hydrogens (tertiary/aromatic N) is 3. The average molecular weight is 332 g/mol. The van der Waals surface area contributed by atoms with Gasteiger partial charge in [0.2, 0.25) is 5.95 Å². The van der Waals surface area contributed by atoms with E-state index >= 15 is 0 Å². The highest BCUT2D eigenvalue weighted by molar-refractivity contribution is 6.05. The highest BCUT2D eigenvalue weighted by Gasteiger charge is 2.14. The van der Waals surface area contributed by atoms with Crippen LogP contribution in [0, 0.1) is 0 Å². The van der Waals surface area contributed by atoms with Crippen LogP contribution in [0.15, 0.2) is 67.0 Å². The van der Waals surface area contributed by atoms with Gasteiger partial charge in [-0.05, 0) is 30.2 Å². The van der Waals surface area contributed by atoms with Gasteiger partial charge in [0.05, 0.1) is 5.56 Å². The van der Waals surface area contributed by atoms with Crippen molar-refractivity contribution >= 4 is 23.2 Å². The smallest absolute Gasteiger partial charge is 0.261 e. The quantitative estimate of drug-likeness (QED) is 0.765. The number of aromatic nitrogens is 2. The number of carbonyl (C=O) groups is 1. The molecule has 3 rings (SSSR count). The summed E-state index contributed by atoms with van der Waals surface area (Å²) in [7, 11) is 1.74. The summed E-state index contributed by atoms with van der Waals surface area (Å²) in [6, 6.07) is 17.5. The highest BCUT2D eigenvalue weighted by atomic mass is 16.2. The van der Waals surface area contributed by atoms with Crippen LogP contribution in [0.2, 0.25) is 0 Å². The van der Waals surface area contributed by atoms with Crippen LogP contribution in [0.3, 0.4) is 0 Å². The lowest BCUT2D eigenvalue weighted by atomic mass is 10.1. The Kier molecular flexibility index (Phi) is 5.04. The number of aryl methyl sites for hydroxylation is 1. The molecule has 0 spiro atoms. The lowest BCUT2D eigenvalue weighted by molar-refractivity contribution is 0.0992. The van der Waals surface area contributed by atoms with E-state index in [4.69, 9.17) is 0 Å². The van der Waals surface area contributed by atoms with E-state index in [9.17, 15) is 4.79 Å². The summed E-state index contributed by atoms with van der Waals surface area (Å²) in [6.07, 6.45) is 4.01. The number of carbonyl (C=O) groups excluding carboxylic acids is 1. The van der Waals surface area contributed by atoms with Gasteiger partial charge in [0, 0.05) is 30.8 Å². The third-order valence-electron chi connectivity index (χ3n) is 3.99. The average Bonchev–Trinajstić information content (AvgIpc) is 2.68. The fourth-order valence-corrected chi connectivity index (χ4v) is 2.54. The first-order chi connectivity index (χ1) is 12.2. The molecule has 1 heterocycles. The van der Waals surface area contributed by atoms with E-state index in [1.807, 2.05) is 48.5 Å². The molecule has 5 nitrogen and oxygen atoms in total. The molecule has 3 aromatic rings. The van der Waals surface area contributed by atoms with Gasteiger partial charge < -0.3 is 10.2 Å². The standard InChI is InChI=1S/C20H20N4O/c1-3-15-9-7-8-12-18(15)23-20-21-13-16(14-22-20)19(25)24(2)17-10-5-4-6-11-17/h4-14H,3H2,1-2H3,(H,21,22,23). The van der Waals surface area contributed by atoms with E-state index in [0.717, 1.165) is 17.8 Å². The lowest BCUT2D eigenvalue weighted by Crippen LogP contribution is -2.26. The molecule has 1 amide bonds. The Morgan fingerprint density at radius 2 is 1.64 bits per heavy atom. The zero-order chi connectivity index (χ0) is 17.6. The molecule has 0 radical (unpaired) electrons. The summed E-state index contributed by atoms with van der Waals surface area (Å²) in [5.41, 5.74) is 3.44. The number of benzene rings is 2. The molecule has 0 aliphatic heterocycles. The second kappa shape index (κ2) is 7.57. The summed E-state index contributed by atoms with van der Waals surface area (Å²) < 4.78 is 0. The van der Waals surface area contributed by atoms with Crippen molar-refractivity contribution in [2.75, 3.05) is 17.3 Å². The van der Waals surface area contributed by atoms with Crippen LogP contribution >= 0.6 is 0 Å². The second-order valence-electron chi connectivity index (χ2n) is 5.63. The van der Waals surface area contributed by atoms with Crippen LogP contribution in [-0.4, -0.2) is 22.9 Å². The minimum Gasteiger partial charge on any atom is -0.324 e.